The first-order valence-corrected chi connectivity index (χ1v) is 8.14. The number of Topliss-reactive ketones (excluding diaryl/α,β-unsaturated/α-hetero) is 1. The quantitative estimate of drug-likeness (QED) is 0.294. The first-order chi connectivity index (χ1) is 12.5. The molecule has 0 radical (unpaired) electrons. The summed E-state index contributed by atoms with van der Waals surface area (Å²) in [5.41, 5.74) is 0.953. The maximum absolute atomic E-state index is 12.1. The second kappa shape index (κ2) is 9.31. The van der Waals surface area contributed by atoms with Gasteiger partial charge in [-0.2, -0.15) is 0 Å². The van der Waals surface area contributed by atoms with E-state index >= 15 is 0 Å². The van der Waals surface area contributed by atoms with Crippen molar-refractivity contribution in [1.29, 1.82) is 0 Å². The summed E-state index contributed by atoms with van der Waals surface area (Å²) in [5, 5.41) is 10.7. The molecule has 7 nitrogen and oxygen atoms in total. The van der Waals surface area contributed by atoms with Crippen LogP contribution in [0.2, 0.25) is 0 Å². The van der Waals surface area contributed by atoms with Gasteiger partial charge in [-0.25, -0.2) is 0 Å². The number of nitrogens with zero attached hydrogens (tertiary/aromatic N) is 1. The molecular formula is C19H19NO6. The second-order valence-corrected chi connectivity index (χ2v) is 5.47. The summed E-state index contributed by atoms with van der Waals surface area (Å²) in [4.78, 5) is 34.1. The number of hydrogen-bond acceptors (Lipinski definition) is 6. The number of nitro groups is 1. The van der Waals surface area contributed by atoms with Crippen molar-refractivity contribution in [2.75, 3.05) is 6.61 Å². The van der Waals surface area contributed by atoms with E-state index < -0.39 is 10.9 Å². The molecule has 0 fully saturated rings. The summed E-state index contributed by atoms with van der Waals surface area (Å²) in [6.07, 6.45) is -0.0251. The number of carbonyl (C=O) groups is 2. The Morgan fingerprint density at radius 1 is 1.08 bits per heavy atom. The summed E-state index contributed by atoms with van der Waals surface area (Å²) in [6.45, 7) is 2.35. The van der Waals surface area contributed by atoms with Crippen LogP contribution < -0.4 is 4.74 Å². The van der Waals surface area contributed by atoms with Crippen LogP contribution in [0.4, 0.5) is 5.69 Å². The number of rotatable bonds is 9. The average molecular weight is 357 g/mol. The van der Waals surface area contributed by atoms with Crippen molar-refractivity contribution in [3.05, 3.63) is 69.8 Å². The van der Waals surface area contributed by atoms with Crippen molar-refractivity contribution in [1.82, 2.24) is 0 Å². The molecule has 0 aliphatic rings. The normalized spacial score (nSPS) is 10.2. The summed E-state index contributed by atoms with van der Waals surface area (Å²) in [7, 11) is 0. The Morgan fingerprint density at radius 2 is 1.81 bits per heavy atom. The van der Waals surface area contributed by atoms with Crippen molar-refractivity contribution < 1.29 is 24.0 Å². The molecule has 136 valence electrons. The van der Waals surface area contributed by atoms with Crippen LogP contribution in [0.1, 0.15) is 35.7 Å². The first-order valence-electron chi connectivity index (χ1n) is 8.14. The number of ketones is 1. The Labute approximate surface area is 150 Å². The van der Waals surface area contributed by atoms with E-state index in [1.165, 1.54) is 18.2 Å². The fraction of sp³-hybridized carbons (Fsp3) is 0.263. The minimum absolute atomic E-state index is 0.0295. The van der Waals surface area contributed by atoms with Crippen LogP contribution in [0.25, 0.3) is 0 Å². The smallest absolute Gasteiger partial charge is 0.306 e. The SMILES string of the molecule is CCOc1ccc(C(=O)CCC(=O)OCc2cccc([N+](=O)[O-])c2)cc1. The van der Waals surface area contributed by atoms with Crippen LogP contribution in [0.15, 0.2) is 48.5 Å². The number of carbonyl (C=O) groups excluding carboxylic acids is 2. The summed E-state index contributed by atoms with van der Waals surface area (Å²) < 4.78 is 10.4. The zero-order valence-corrected chi connectivity index (χ0v) is 14.3. The zero-order chi connectivity index (χ0) is 18.9. The fourth-order valence-electron chi connectivity index (χ4n) is 2.26. The topological polar surface area (TPSA) is 95.7 Å². The molecular weight excluding hydrogens is 338 g/mol. The predicted molar refractivity (Wildman–Crippen MR) is 94.1 cm³/mol. The first kappa shape index (κ1) is 19.1. The van der Waals surface area contributed by atoms with Crippen LogP contribution in [-0.4, -0.2) is 23.3 Å². The van der Waals surface area contributed by atoms with E-state index in [0.29, 0.717) is 23.5 Å². The van der Waals surface area contributed by atoms with Gasteiger partial charge < -0.3 is 9.47 Å². The molecule has 0 aliphatic heterocycles. The number of benzene rings is 2. The highest BCUT2D eigenvalue weighted by atomic mass is 16.6. The molecule has 0 aliphatic carbocycles. The minimum Gasteiger partial charge on any atom is -0.494 e. The van der Waals surface area contributed by atoms with Gasteiger partial charge in [0.2, 0.25) is 0 Å². The highest BCUT2D eigenvalue weighted by Gasteiger charge is 2.12. The molecule has 2 aromatic carbocycles. The lowest BCUT2D eigenvalue weighted by atomic mass is 10.1. The van der Waals surface area contributed by atoms with Crippen LogP contribution in [0.5, 0.6) is 5.75 Å². The largest absolute Gasteiger partial charge is 0.494 e. The molecule has 7 heteroatoms. The van der Waals surface area contributed by atoms with Gasteiger partial charge in [0.25, 0.3) is 5.69 Å². The Balaban J connectivity index is 1.80. The molecule has 0 aromatic heterocycles. The molecule has 0 N–H and O–H groups in total. The Kier molecular flexibility index (Phi) is 6.84. The fourth-order valence-corrected chi connectivity index (χ4v) is 2.26. The average Bonchev–Trinajstić information content (AvgIpc) is 2.65. The Hall–Kier alpha value is -3.22. The Bertz CT molecular complexity index is 785. The Morgan fingerprint density at radius 3 is 2.46 bits per heavy atom. The van der Waals surface area contributed by atoms with Gasteiger partial charge in [0.05, 0.1) is 18.0 Å². The van der Waals surface area contributed by atoms with Gasteiger partial charge in [-0.15, -0.1) is 0 Å². The van der Waals surface area contributed by atoms with Gasteiger partial charge in [-0.05, 0) is 36.8 Å². The maximum atomic E-state index is 12.1. The van der Waals surface area contributed by atoms with E-state index in [1.807, 2.05) is 6.92 Å². The number of nitro benzene ring substituents is 1. The van der Waals surface area contributed by atoms with Crippen LogP contribution in [0.3, 0.4) is 0 Å². The number of non-ortho nitro benzene ring substituents is 1. The third-order valence-corrected chi connectivity index (χ3v) is 3.56. The maximum Gasteiger partial charge on any atom is 0.306 e. The molecule has 0 unspecified atom stereocenters. The third-order valence-electron chi connectivity index (χ3n) is 3.56. The van der Waals surface area contributed by atoms with Gasteiger partial charge in [0, 0.05) is 24.1 Å². The van der Waals surface area contributed by atoms with Gasteiger partial charge >= 0.3 is 5.97 Å². The summed E-state index contributed by atoms with van der Waals surface area (Å²) in [6, 6.07) is 12.6. The van der Waals surface area contributed by atoms with Crippen LogP contribution in [-0.2, 0) is 16.1 Å². The number of hydrogen-bond donors (Lipinski definition) is 0. The van der Waals surface area contributed by atoms with Crippen molar-refractivity contribution in [3.63, 3.8) is 0 Å². The lowest BCUT2D eigenvalue weighted by molar-refractivity contribution is -0.384. The van der Waals surface area contributed by atoms with Crippen molar-refractivity contribution in [2.24, 2.45) is 0 Å². The molecule has 0 spiro atoms. The van der Waals surface area contributed by atoms with Gasteiger partial charge in [0.1, 0.15) is 12.4 Å². The van der Waals surface area contributed by atoms with Gasteiger partial charge in [-0.3, -0.25) is 19.7 Å². The molecule has 0 heterocycles. The molecule has 0 atom stereocenters. The second-order valence-electron chi connectivity index (χ2n) is 5.47. The van der Waals surface area contributed by atoms with Crippen LogP contribution in [0, 0.1) is 10.1 Å². The van der Waals surface area contributed by atoms with Crippen molar-refractivity contribution in [3.8, 4) is 5.75 Å². The summed E-state index contributed by atoms with van der Waals surface area (Å²) >= 11 is 0. The number of esters is 1. The summed E-state index contributed by atoms with van der Waals surface area (Å²) in [5.74, 6) is -0.0171. The molecule has 2 rings (SSSR count). The zero-order valence-electron chi connectivity index (χ0n) is 14.3. The monoisotopic (exact) mass is 357 g/mol. The van der Waals surface area contributed by atoms with E-state index in [0.717, 1.165) is 0 Å². The van der Waals surface area contributed by atoms with E-state index in [4.69, 9.17) is 9.47 Å². The van der Waals surface area contributed by atoms with E-state index in [2.05, 4.69) is 0 Å². The lowest BCUT2D eigenvalue weighted by Crippen LogP contribution is -2.08. The molecule has 0 saturated heterocycles. The van der Waals surface area contributed by atoms with Crippen molar-refractivity contribution in [2.45, 2.75) is 26.4 Å². The highest BCUT2D eigenvalue weighted by Crippen LogP contribution is 2.16. The van der Waals surface area contributed by atoms with E-state index in [9.17, 15) is 19.7 Å². The van der Waals surface area contributed by atoms with Crippen molar-refractivity contribution >= 4 is 17.4 Å². The molecule has 26 heavy (non-hydrogen) atoms. The number of ether oxygens (including phenoxy) is 2. The van der Waals surface area contributed by atoms with E-state index in [-0.39, 0.29) is 30.9 Å². The molecule has 0 bridgehead atoms. The predicted octanol–water partition coefficient (Wildman–Crippen LogP) is 3.70. The molecule has 0 saturated carbocycles. The lowest BCUT2D eigenvalue weighted by Gasteiger charge is -2.06. The molecule has 0 amide bonds. The van der Waals surface area contributed by atoms with Gasteiger partial charge in [-0.1, -0.05) is 12.1 Å². The minimum atomic E-state index is -0.532. The third kappa shape index (κ3) is 5.70. The molecule has 2 aromatic rings. The van der Waals surface area contributed by atoms with Crippen LogP contribution >= 0.6 is 0 Å². The highest BCUT2D eigenvalue weighted by molar-refractivity contribution is 5.97. The van der Waals surface area contributed by atoms with Gasteiger partial charge in [0.15, 0.2) is 5.78 Å². The standard InChI is InChI=1S/C19H19NO6/c1-2-25-17-8-6-15(7-9-17)18(21)10-11-19(22)26-13-14-4-3-5-16(12-14)20(23)24/h3-9,12H,2,10-11,13H2,1H3. The van der Waals surface area contributed by atoms with E-state index in [1.54, 1.807) is 30.3 Å².